The van der Waals surface area contributed by atoms with Crippen LogP contribution in [0.4, 0.5) is 5.69 Å². The third-order valence-electron chi connectivity index (χ3n) is 3.69. The van der Waals surface area contributed by atoms with Crippen LogP contribution in [0.3, 0.4) is 0 Å². The molecular formula is C19H29N. The fourth-order valence-electron chi connectivity index (χ4n) is 2.04. The van der Waals surface area contributed by atoms with Gasteiger partial charge in [-0.15, -0.1) is 0 Å². The van der Waals surface area contributed by atoms with Crippen LogP contribution < -0.4 is 0 Å². The summed E-state index contributed by atoms with van der Waals surface area (Å²) in [5.74, 6) is 0. The van der Waals surface area contributed by atoms with Gasteiger partial charge < -0.3 is 0 Å². The van der Waals surface area contributed by atoms with E-state index in [2.05, 4.69) is 73.2 Å². The summed E-state index contributed by atoms with van der Waals surface area (Å²) in [6.07, 6.45) is 0. The number of aliphatic imine (C=N–C) groups is 1. The topological polar surface area (TPSA) is 12.4 Å². The molecule has 0 aliphatic carbocycles. The normalized spacial score (nSPS) is 13.5. The number of benzene rings is 1. The number of aryl methyl sites for hydroxylation is 1. The Bertz CT molecular complexity index is 534. The quantitative estimate of drug-likeness (QED) is 0.586. The molecule has 1 nitrogen and oxygen atoms in total. The number of hydrogen-bond donors (Lipinski definition) is 0. The van der Waals surface area contributed by atoms with Crippen molar-refractivity contribution in [2.24, 2.45) is 10.4 Å². The molecule has 110 valence electrons. The maximum absolute atomic E-state index is 4.77. The molecule has 0 spiro atoms. The molecule has 0 saturated heterocycles. The van der Waals surface area contributed by atoms with Gasteiger partial charge in [0.2, 0.25) is 0 Å². The van der Waals surface area contributed by atoms with E-state index in [4.69, 9.17) is 4.99 Å². The summed E-state index contributed by atoms with van der Waals surface area (Å²) in [5.41, 5.74) is 5.96. The van der Waals surface area contributed by atoms with Crippen molar-refractivity contribution in [3.63, 3.8) is 0 Å². The summed E-state index contributed by atoms with van der Waals surface area (Å²) in [4.78, 5) is 4.77. The first-order valence-electron chi connectivity index (χ1n) is 7.29. The molecule has 0 fully saturated rings. The maximum Gasteiger partial charge on any atom is 0.0662 e. The van der Waals surface area contributed by atoms with Crippen molar-refractivity contribution >= 4 is 11.4 Å². The molecule has 20 heavy (non-hydrogen) atoms. The minimum absolute atomic E-state index is 0.0623. The second kappa shape index (κ2) is 5.55. The SMILES string of the molecule is C=C(C(C)=Nc1ccc(C(C)(C)C)cc1C)C(C)(C)C. The molecule has 1 aromatic carbocycles. The van der Waals surface area contributed by atoms with E-state index in [9.17, 15) is 0 Å². The monoisotopic (exact) mass is 271 g/mol. The van der Waals surface area contributed by atoms with Crippen molar-refractivity contribution in [1.82, 2.24) is 0 Å². The highest BCUT2D eigenvalue weighted by Gasteiger charge is 2.18. The smallest absolute Gasteiger partial charge is 0.0662 e. The van der Waals surface area contributed by atoms with Crippen LogP contribution in [-0.4, -0.2) is 5.71 Å². The molecule has 0 aromatic heterocycles. The number of hydrogen-bond acceptors (Lipinski definition) is 1. The van der Waals surface area contributed by atoms with Crippen molar-refractivity contribution < 1.29 is 0 Å². The van der Waals surface area contributed by atoms with Crippen molar-refractivity contribution in [1.29, 1.82) is 0 Å². The lowest BCUT2D eigenvalue weighted by molar-refractivity contribution is 0.526. The summed E-state index contributed by atoms with van der Waals surface area (Å²) in [6.45, 7) is 21.6. The van der Waals surface area contributed by atoms with Gasteiger partial charge >= 0.3 is 0 Å². The number of allylic oxidation sites excluding steroid dienone is 1. The van der Waals surface area contributed by atoms with Gasteiger partial charge in [-0.1, -0.05) is 60.3 Å². The Kier molecular flexibility index (Phi) is 4.63. The summed E-state index contributed by atoms with van der Waals surface area (Å²) in [5, 5.41) is 0. The summed E-state index contributed by atoms with van der Waals surface area (Å²) < 4.78 is 0. The molecular weight excluding hydrogens is 242 g/mol. The highest BCUT2D eigenvalue weighted by molar-refractivity contribution is 6.00. The summed E-state index contributed by atoms with van der Waals surface area (Å²) >= 11 is 0. The largest absolute Gasteiger partial charge is 0.253 e. The van der Waals surface area contributed by atoms with E-state index in [0.29, 0.717) is 0 Å². The van der Waals surface area contributed by atoms with E-state index in [0.717, 1.165) is 17.0 Å². The molecule has 0 aliphatic heterocycles. The fourth-order valence-corrected chi connectivity index (χ4v) is 2.04. The lowest BCUT2D eigenvalue weighted by Gasteiger charge is -2.22. The molecule has 0 atom stereocenters. The fraction of sp³-hybridized carbons (Fsp3) is 0.526. The van der Waals surface area contributed by atoms with Crippen LogP contribution in [0.5, 0.6) is 0 Å². The minimum Gasteiger partial charge on any atom is -0.253 e. The Balaban J connectivity index is 3.14. The molecule has 0 saturated carbocycles. The van der Waals surface area contributed by atoms with Crippen LogP contribution >= 0.6 is 0 Å². The van der Waals surface area contributed by atoms with Gasteiger partial charge in [-0.05, 0) is 47.4 Å². The molecule has 0 N–H and O–H groups in total. The lowest BCUT2D eigenvalue weighted by Crippen LogP contribution is -2.14. The third kappa shape index (κ3) is 4.06. The van der Waals surface area contributed by atoms with Gasteiger partial charge in [0.05, 0.1) is 5.69 Å². The molecule has 0 amide bonds. The average molecular weight is 271 g/mol. The van der Waals surface area contributed by atoms with Gasteiger partial charge in [0.1, 0.15) is 0 Å². The Hall–Kier alpha value is -1.37. The Morgan fingerprint density at radius 2 is 1.60 bits per heavy atom. The first kappa shape index (κ1) is 16.7. The average Bonchev–Trinajstić information content (AvgIpc) is 2.28. The van der Waals surface area contributed by atoms with Crippen molar-refractivity contribution in [3.8, 4) is 0 Å². The van der Waals surface area contributed by atoms with Gasteiger partial charge in [-0.3, -0.25) is 4.99 Å². The van der Waals surface area contributed by atoms with Crippen LogP contribution in [0.1, 0.15) is 59.6 Å². The minimum atomic E-state index is 0.0623. The molecule has 1 aromatic rings. The van der Waals surface area contributed by atoms with Crippen molar-refractivity contribution in [2.45, 2.75) is 60.8 Å². The number of rotatable bonds is 2. The Morgan fingerprint density at radius 1 is 1.05 bits per heavy atom. The lowest BCUT2D eigenvalue weighted by atomic mass is 9.85. The van der Waals surface area contributed by atoms with Gasteiger partial charge in [-0.25, -0.2) is 0 Å². The highest BCUT2D eigenvalue weighted by Crippen LogP contribution is 2.30. The third-order valence-corrected chi connectivity index (χ3v) is 3.69. The van der Waals surface area contributed by atoms with Crippen LogP contribution in [0.15, 0.2) is 35.3 Å². The zero-order valence-corrected chi connectivity index (χ0v) is 14.4. The molecule has 0 radical (unpaired) electrons. The molecule has 1 heteroatoms. The molecule has 0 unspecified atom stereocenters. The van der Waals surface area contributed by atoms with Crippen LogP contribution in [0, 0.1) is 12.3 Å². The molecule has 0 aliphatic rings. The van der Waals surface area contributed by atoms with Gasteiger partial charge in [0.25, 0.3) is 0 Å². The van der Waals surface area contributed by atoms with E-state index < -0.39 is 0 Å². The van der Waals surface area contributed by atoms with Gasteiger partial charge in [0, 0.05) is 5.71 Å². The molecule has 0 heterocycles. The first-order chi connectivity index (χ1) is 8.93. The number of nitrogens with zero attached hydrogens (tertiary/aromatic N) is 1. The Morgan fingerprint density at radius 3 is 2.00 bits per heavy atom. The van der Waals surface area contributed by atoms with Gasteiger partial charge in [-0.2, -0.15) is 0 Å². The molecule has 1 rings (SSSR count). The summed E-state index contributed by atoms with van der Waals surface area (Å²) in [7, 11) is 0. The van der Waals surface area contributed by atoms with Crippen molar-refractivity contribution in [2.75, 3.05) is 0 Å². The van der Waals surface area contributed by atoms with Crippen LogP contribution in [0.25, 0.3) is 0 Å². The zero-order chi connectivity index (χ0) is 15.7. The second-order valence-electron chi connectivity index (χ2n) is 7.68. The van der Waals surface area contributed by atoms with E-state index in [1.54, 1.807) is 0 Å². The van der Waals surface area contributed by atoms with Crippen molar-refractivity contribution in [3.05, 3.63) is 41.5 Å². The Labute approximate surface area is 124 Å². The van der Waals surface area contributed by atoms with Crippen LogP contribution in [0.2, 0.25) is 0 Å². The van der Waals surface area contributed by atoms with Crippen LogP contribution in [-0.2, 0) is 5.41 Å². The maximum atomic E-state index is 4.77. The highest BCUT2D eigenvalue weighted by atomic mass is 14.7. The van der Waals surface area contributed by atoms with E-state index >= 15 is 0 Å². The van der Waals surface area contributed by atoms with E-state index in [-0.39, 0.29) is 10.8 Å². The van der Waals surface area contributed by atoms with E-state index in [1.165, 1.54) is 11.1 Å². The predicted molar refractivity (Wildman–Crippen MR) is 91.2 cm³/mol. The summed E-state index contributed by atoms with van der Waals surface area (Å²) in [6, 6.07) is 6.54. The first-order valence-corrected chi connectivity index (χ1v) is 7.29. The van der Waals surface area contributed by atoms with E-state index in [1.807, 2.05) is 6.92 Å². The second-order valence-corrected chi connectivity index (χ2v) is 7.68. The molecule has 0 bridgehead atoms. The standard InChI is InChI=1S/C19H29N/c1-13-12-16(19(7,8)9)10-11-17(13)20-15(3)14(2)18(4,5)6/h10-12H,2H2,1,3-9H3. The van der Waals surface area contributed by atoms with Gasteiger partial charge in [0.15, 0.2) is 0 Å². The zero-order valence-electron chi connectivity index (χ0n) is 14.4. The predicted octanol–water partition coefficient (Wildman–Crippen LogP) is 5.99.